The number of hydrogen-bond donors (Lipinski definition) is 2. The number of aromatic nitrogens is 2. The summed E-state index contributed by atoms with van der Waals surface area (Å²) in [4.78, 5) is 20.8. The molecule has 110 valence electrons. The number of nitrogens with zero attached hydrogens (tertiary/aromatic N) is 2. The molecule has 0 aliphatic heterocycles. The zero-order valence-corrected chi connectivity index (χ0v) is 14.0. The molecule has 0 saturated heterocycles. The Labute approximate surface area is 134 Å². The predicted molar refractivity (Wildman–Crippen MR) is 92.9 cm³/mol. The van der Waals surface area contributed by atoms with Gasteiger partial charge < -0.3 is 5.32 Å². The average molecular weight is 338 g/mol. The first-order chi connectivity index (χ1) is 10.2. The van der Waals surface area contributed by atoms with Gasteiger partial charge in [0.2, 0.25) is 0 Å². The van der Waals surface area contributed by atoms with Crippen LogP contribution in [0.25, 0.3) is 20.4 Å². The fourth-order valence-electron chi connectivity index (χ4n) is 1.95. The van der Waals surface area contributed by atoms with Gasteiger partial charge in [0.1, 0.15) is 5.52 Å². The molecule has 1 aromatic carbocycles. The van der Waals surface area contributed by atoms with Crippen LogP contribution in [0.3, 0.4) is 0 Å². The third-order valence-corrected chi connectivity index (χ3v) is 5.38. The summed E-state index contributed by atoms with van der Waals surface area (Å²) in [5.74, 6) is 0.895. The number of thiazole rings is 2. The molecule has 2 heterocycles. The number of urea groups is 1. The van der Waals surface area contributed by atoms with Crippen LogP contribution in [0.2, 0.25) is 0 Å². The fraction of sp³-hybridized carbons (Fsp3) is 0.308. The van der Waals surface area contributed by atoms with Gasteiger partial charge in [-0.3, -0.25) is 5.32 Å². The summed E-state index contributed by atoms with van der Waals surface area (Å²) in [6.07, 6.45) is 2.01. The van der Waals surface area contributed by atoms with Gasteiger partial charge in [0.05, 0.1) is 19.9 Å². The summed E-state index contributed by atoms with van der Waals surface area (Å²) < 4.78 is 2.18. The van der Waals surface area contributed by atoms with E-state index in [1.54, 1.807) is 23.1 Å². The van der Waals surface area contributed by atoms with Crippen LogP contribution >= 0.6 is 34.4 Å². The summed E-state index contributed by atoms with van der Waals surface area (Å²) in [5.41, 5.74) is 1.85. The van der Waals surface area contributed by atoms with Crippen LogP contribution in [-0.2, 0) is 0 Å². The third kappa shape index (κ3) is 3.12. The molecule has 0 atom stereocenters. The molecule has 2 aromatic heterocycles. The zero-order chi connectivity index (χ0) is 14.8. The van der Waals surface area contributed by atoms with Crippen molar-refractivity contribution in [3.8, 4) is 0 Å². The molecule has 0 fully saturated rings. The Morgan fingerprint density at radius 2 is 2.19 bits per heavy atom. The molecule has 5 nitrogen and oxygen atoms in total. The number of hydrogen-bond acceptors (Lipinski definition) is 6. The van der Waals surface area contributed by atoms with Gasteiger partial charge in [0, 0.05) is 12.3 Å². The highest BCUT2D eigenvalue weighted by Crippen LogP contribution is 2.34. The van der Waals surface area contributed by atoms with Gasteiger partial charge in [0.15, 0.2) is 5.13 Å². The topological polar surface area (TPSA) is 66.9 Å². The number of thioether (sulfide) groups is 1. The van der Waals surface area contributed by atoms with Crippen LogP contribution in [0.4, 0.5) is 9.93 Å². The minimum absolute atomic E-state index is 0.214. The average Bonchev–Trinajstić information content (AvgIpc) is 3.00. The van der Waals surface area contributed by atoms with Gasteiger partial charge in [-0.15, -0.1) is 11.3 Å². The standard InChI is InChI=1S/C13H14N4OS3/c1-7-15-10-9(20-7)4-3-8-11(10)21-13(16-8)17-12(18)14-5-6-19-2/h3-4H,5-6H2,1-2H3,(H2,14,16,17,18). The van der Waals surface area contributed by atoms with E-state index in [1.807, 2.05) is 25.3 Å². The van der Waals surface area contributed by atoms with Crippen LogP contribution in [0.15, 0.2) is 12.1 Å². The summed E-state index contributed by atoms with van der Waals surface area (Å²) in [6, 6.07) is 3.79. The lowest BCUT2D eigenvalue weighted by atomic mass is 10.3. The highest BCUT2D eigenvalue weighted by atomic mass is 32.2. The number of carbonyl (C=O) groups is 1. The lowest BCUT2D eigenvalue weighted by molar-refractivity contribution is 0.252. The molecule has 2 amide bonds. The number of amides is 2. The van der Waals surface area contributed by atoms with Crippen molar-refractivity contribution in [1.29, 1.82) is 0 Å². The number of aryl methyl sites for hydroxylation is 1. The molecule has 0 bridgehead atoms. The second-order valence-electron chi connectivity index (χ2n) is 4.39. The van der Waals surface area contributed by atoms with E-state index < -0.39 is 0 Å². The Morgan fingerprint density at radius 3 is 3.00 bits per heavy atom. The van der Waals surface area contributed by atoms with Crippen LogP contribution < -0.4 is 10.6 Å². The van der Waals surface area contributed by atoms with E-state index in [0.717, 1.165) is 31.2 Å². The molecular formula is C13H14N4OS3. The number of fused-ring (bicyclic) bond motifs is 3. The Hall–Kier alpha value is -1.38. The molecule has 0 saturated carbocycles. The van der Waals surface area contributed by atoms with Crippen LogP contribution in [0.1, 0.15) is 5.01 Å². The maximum Gasteiger partial charge on any atom is 0.321 e. The first kappa shape index (κ1) is 14.6. The van der Waals surface area contributed by atoms with Crippen molar-refractivity contribution in [2.75, 3.05) is 23.9 Å². The van der Waals surface area contributed by atoms with E-state index >= 15 is 0 Å². The molecule has 2 N–H and O–H groups in total. The molecule has 0 aliphatic carbocycles. The summed E-state index contributed by atoms with van der Waals surface area (Å²) in [7, 11) is 0. The maximum atomic E-state index is 11.8. The number of carbonyl (C=O) groups excluding carboxylic acids is 1. The van der Waals surface area contributed by atoms with Crippen LogP contribution in [0.5, 0.6) is 0 Å². The van der Waals surface area contributed by atoms with Crippen molar-refractivity contribution in [3.63, 3.8) is 0 Å². The predicted octanol–water partition coefficient (Wildman–Crippen LogP) is 3.70. The van der Waals surface area contributed by atoms with E-state index in [9.17, 15) is 4.79 Å². The second-order valence-corrected chi connectivity index (χ2v) is 7.61. The normalized spacial score (nSPS) is 11.1. The highest BCUT2D eigenvalue weighted by molar-refractivity contribution is 7.98. The Kier molecular flexibility index (Phi) is 4.27. The first-order valence-corrected chi connectivity index (χ1v) is 9.40. The van der Waals surface area contributed by atoms with Gasteiger partial charge in [0.25, 0.3) is 0 Å². The lowest BCUT2D eigenvalue weighted by Gasteiger charge is -2.03. The first-order valence-electron chi connectivity index (χ1n) is 6.38. The largest absolute Gasteiger partial charge is 0.337 e. The summed E-state index contributed by atoms with van der Waals surface area (Å²) >= 11 is 4.83. The van der Waals surface area contributed by atoms with Gasteiger partial charge in [-0.1, -0.05) is 11.3 Å². The number of benzene rings is 1. The van der Waals surface area contributed by atoms with Crippen LogP contribution in [0, 0.1) is 6.92 Å². The molecule has 0 spiro atoms. The Morgan fingerprint density at radius 1 is 1.33 bits per heavy atom. The molecule has 0 aliphatic rings. The molecule has 8 heteroatoms. The van der Waals surface area contributed by atoms with Gasteiger partial charge in [-0.2, -0.15) is 11.8 Å². The highest BCUT2D eigenvalue weighted by Gasteiger charge is 2.12. The molecule has 21 heavy (non-hydrogen) atoms. The summed E-state index contributed by atoms with van der Waals surface area (Å²) in [5, 5.41) is 7.22. The number of rotatable bonds is 4. The van der Waals surface area contributed by atoms with Crippen molar-refractivity contribution in [2.45, 2.75) is 6.92 Å². The lowest BCUT2D eigenvalue weighted by Crippen LogP contribution is -2.30. The monoisotopic (exact) mass is 338 g/mol. The molecule has 0 unspecified atom stereocenters. The smallest absolute Gasteiger partial charge is 0.321 e. The Balaban J connectivity index is 1.84. The van der Waals surface area contributed by atoms with E-state index in [0.29, 0.717) is 11.7 Å². The number of nitrogens with one attached hydrogen (secondary N) is 2. The van der Waals surface area contributed by atoms with Crippen molar-refractivity contribution in [3.05, 3.63) is 17.1 Å². The van der Waals surface area contributed by atoms with E-state index in [4.69, 9.17) is 0 Å². The maximum absolute atomic E-state index is 11.8. The molecule has 3 aromatic rings. The molecule has 3 rings (SSSR count). The van der Waals surface area contributed by atoms with Gasteiger partial charge in [-0.25, -0.2) is 14.8 Å². The second kappa shape index (κ2) is 6.17. The van der Waals surface area contributed by atoms with Crippen LogP contribution in [-0.4, -0.2) is 34.6 Å². The Bertz CT molecular complexity index is 795. The van der Waals surface area contributed by atoms with Crippen molar-refractivity contribution < 1.29 is 4.79 Å². The van der Waals surface area contributed by atoms with Crippen molar-refractivity contribution in [2.24, 2.45) is 0 Å². The van der Waals surface area contributed by atoms with E-state index in [2.05, 4.69) is 20.6 Å². The van der Waals surface area contributed by atoms with Crippen molar-refractivity contribution >= 4 is 66.0 Å². The number of anilines is 1. The SMILES string of the molecule is CSCCNC(=O)Nc1nc2ccc3sc(C)nc3c2s1. The zero-order valence-electron chi connectivity index (χ0n) is 11.6. The quantitative estimate of drug-likeness (QED) is 0.712. The van der Waals surface area contributed by atoms with Gasteiger partial charge >= 0.3 is 6.03 Å². The van der Waals surface area contributed by atoms with E-state index in [1.165, 1.54) is 11.3 Å². The minimum atomic E-state index is -0.214. The fourth-order valence-corrected chi connectivity index (χ4v) is 4.11. The summed E-state index contributed by atoms with van der Waals surface area (Å²) in [6.45, 7) is 2.64. The van der Waals surface area contributed by atoms with Gasteiger partial charge in [-0.05, 0) is 25.3 Å². The van der Waals surface area contributed by atoms with Crippen molar-refractivity contribution in [1.82, 2.24) is 15.3 Å². The molecule has 0 radical (unpaired) electrons. The molecular weight excluding hydrogens is 324 g/mol. The minimum Gasteiger partial charge on any atom is -0.337 e. The van der Waals surface area contributed by atoms with E-state index in [-0.39, 0.29) is 6.03 Å². The third-order valence-electron chi connectivity index (χ3n) is 2.83.